The van der Waals surface area contributed by atoms with E-state index < -0.39 is 67.4 Å². The zero-order valence-electron chi connectivity index (χ0n) is 24.6. The standard InChI is InChI=1S/C30H33F4N3O8S/c1-44-22-14-21(31)23(45-18-7-9-29(35,10-8-18)28(40)41)13-20(22)26(38)37-25-16-6-5-15(11-16)24(25)27(39)36-17-3-2-4-19(12-17)46(42,43)30(32,33)34/h2-4,12-16,18,24-25H,5-11,35H2,1H3,(H,36,39)(H,37,38)(H,40,41)/t15-,16+,18?,24+,25-,29?/m1/s1. The van der Waals surface area contributed by atoms with Crippen LogP contribution in [0, 0.1) is 23.6 Å². The molecule has 0 aromatic heterocycles. The Morgan fingerprint density at radius 2 is 1.70 bits per heavy atom. The molecule has 0 radical (unpaired) electrons. The lowest BCUT2D eigenvalue weighted by Gasteiger charge is -2.34. The number of sulfone groups is 1. The third-order valence-corrected chi connectivity index (χ3v) is 10.8. The third kappa shape index (κ3) is 6.36. The highest BCUT2D eigenvalue weighted by atomic mass is 32.2. The zero-order valence-corrected chi connectivity index (χ0v) is 25.4. The lowest BCUT2D eigenvalue weighted by Crippen LogP contribution is -2.51. The number of aliphatic carboxylic acids is 1. The first-order valence-electron chi connectivity index (χ1n) is 14.6. The van der Waals surface area contributed by atoms with Gasteiger partial charge in [-0.3, -0.25) is 14.4 Å². The van der Waals surface area contributed by atoms with Crippen molar-refractivity contribution in [2.75, 3.05) is 12.4 Å². The van der Waals surface area contributed by atoms with E-state index in [0.29, 0.717) is 19.3 Å². The number of hydrogen-bond donors (Lipinski definition) is 4. The van der Waals surface area contributed by atoms with Gasteiger partial charge in [0.15, 0.2) is 11.6 Å². The van der Waals surface area contributed by atoms with Gasteiger partial charge in [-0.05, 0) is 81.0 Å². The second kappa shape index (κ2) is 12.4. The zero-order chi connectivity index (χ0) is 33.6. The molecule has 0 saturated heterocycles. The fraction of sp³-hybridized carbons (Fsp3) is 0.500. The highest BCUT2D eigenvalue weighted by Gasteiger charge is 2.52. The number of nitrogens with two attached hydrogens (primary N) is 1. The van der Waals surface area contributed by atoms with Gasteiger partial charge in [-0.2, -0.15) is 13.2 Å². The number of nitrogens with one attached hydrogen (secondary N) is 2. The number of fused-ring (bicyclic) bond motifs is 2. The maximum Gasteiger partial charge on any atom is 0.501 e. The summed E-state index contributed by atoms with van der Waals surface area (Å²) in [7, 11) is -4.39. The molecule has 46 heavy (non-hydrogen) atoms. The molecule has 2 aromatic rings. The van der Waals surface area contributed by atoms with Gasteiger partial charge in [-0.15, -0.1) is 0 Å². The molecule has 5 N–H and O–H groups in total. The molecule has 3 aliphatic rings. The number of carboxylic acid groups (broad SMARTS) is 1. The van der Waals surface area contributed by atoms with Gasteiger partial charge in [-0.1, -0.05) is 6.07 Å². The number of methoxy groups -OCH3 is 1. The molecule has 16 heteroatoms. The summed E-state index contributed by atoms with van der Waals surface area (Å²) >= 11 is 0. The fourth-order valence-corrected chi connectivity index (χ4v) is 7.60. The normalized spacial score (nSPS) is 27.6. The van der Waals surface area contributed by atoms with E-state index in [1.807, 2.05) is 0 Å². The molecule has 2 bridgehead atoms. The maximum absolute atomic E-state index is 15.0. The monoisotopic (exact) mass is 671 g/mol. The topological polar surface area (TPSA) is 174 Å². The smallest absolute Gasteiger partial charge is 0.496 e. The second-order valence-electron chi connectivity index (χ2n) is 12.1. The van der Waals surface area contributed by atoms with E-state index in [1.54, 1.807) is 0 Å². The predicted octanol–water partition coefficient (Wildman–Crippen LogP) is 4.01. The molecule has 0 aliphatic heterocycles. The van der Waals surface area contributed by atoms with Crippen LogP contribution in [0.2, 0.25) is 0 Å². The van der Waals surface area contributed by atoms with E-state index in [-0.39, 0.29) is 60.3 Å². The van der Waals surface area contributed by atoms with E-state index in [1.165, 1.54) is 19.2 Å². The van der Waals surface area contributed by atoms with Gasteiger partial charge in [0.2, 0.25) is 5.91 Å². The number of halogens is 4. The Labute approximate surface area is 261 Å². The lowest BCUT2D eigenvalue weighted by molar-refractivity contribution is -0.145. The van der Waals surface area contributed by atoms with E-state index in [0.717, 1.165) is 24.3 Å². The van der Waals surface area contributed by atoms with Crippen LogP contribution in [-0.2, 0) is 19.4 Å². The van der Waals surface area contributed by atoms with E-state index >= 15 is 0 Å². The third-order valence-electron chi connectivity index (χ3n) is 9.28. The number of ether oxygens (including phenoxy) is 2. The van der Waals surface area contributed by atoms with Crippen LogP contribution < -0.4 is 25.8 Å². The van der Waals surface area contributed by atoms with Gasteiger partial charge in [0, 0.05) is 17.8 Å². The molecule has 0 spiro atoms. The molecule has 11 nitrogen and oxygen atoms in total. The summed E-state index contributed by atoms with van der Waals surface area (Å²) in [4.78, 5) is 37.5. The average Bonchev–Trinajstić information content (AvgIpc) is 3.60. The highest BCUT2D eigenvalue weighted by Crippen LogP contribution is 2.49. The summed E-state index contributed by atoms with van der Waals surface area (Å²) in [6.07, 6.45) is 2.21. The number of anilines is 1. The largest absolute Gasteiger partial charge is 0.501 e. The number of carbonyl (C=O) groups is 3. The van der Waals surface area contributed by atoms with Gasteiger partial charge in [0.1, 0.15) is 11.3 Å². The van der Waals surface area contributed by atoms with Crippen LogP contribution in [0.25, 0.3) is 0 Å². The van der Waals surface area contributed by atoms with Crippen molar-refractivity contribution >= 4 is 33.3 Å². The minimum atomic E-state index is -5.64. The van der Waals surface area contributed by atoms with Gasteiger partial charge in [-0.25, -0.2) is 12.8 Å². The number of carbonyl (C=O) groups excluding carboxylic acids is 2. The Balaban J connectivity index is 1.32. The minimum Gasteiger partial charge on any atom is -0.496 e. The van der Waals surface area contributed by atoms with Crippen LogP contribution >= 0.6 is 0 Å². The predicted molar refractivity (Wildman–Crippen MR) is 154 cm³/mol. The Hall–Kier alpha value is -3.92. The molecule has 2 amide bonds. The lowest BCUT2D eigenvalue weighted by atomic mass is 9.81. The summed E-state index contributed by atoms with van der Waals surface area (Å²) in [5.74, 6) is -4.54. The van der Waals surface area contributed by atoms with Crippen LogP contribution in [0.4, 0.5) is 23.2 Å². The fourth-order valence-electron chi connectivity index (χ4n) is 6.80. The summed E-state index contributed by atoms with van der Waals surface area (Å²) in [6.45, 7) is 0. The molecule has 3 saturated carbocycles. The van der Waals surface area contributed by atoms with Gasteiger partial charge in [0.25, 0.3) is 15.7 Å². The number of alkyl halides is 3. The molecule has 5 rings (SSSR count). The van der Waals surface area contributed by atoms with Crippen molar-refractivity contribution in [2.45, 2.75) is 73.0 Å². The summed E-state index contributed by atoms with van der Waals surface area (Å²) in [5, 5.41) is 14.7. The molecule has 250 valence electrons. The molecule has 3 fully saturated rings. The van der Waals surface area contributed by atoms with Crippen LogP contribution in [0.1, 0.15) is 55.3 Å². The maximum atomic E-state index is 15.0. The van der Waals surface area contributed by atoms with Crippen molar-refractivity contribution in [3.63, 3.8) is 0 Å². The minimum absolute atomic E-state index is 0.0691. The quantitative estimate of drug-likeness (QED) is 0.287. The molecule has 0 heterocycles. The summed E-state index contributed by atoms with van der Waals surface area (Å²) < 4.78 is 89.0. The second-order valence-corrected chi connectivity index (χ2v) is 14.0. The first kappa shape index (κ1) is 33.4. The molecular formula is C30H33F4N3O8S. The summed E-state index contributed by atoms with van der Waals surface area (Å²) in [6, 6.07) is 5.35. The number of amides is 2. The van der Waals surface area contributed by atoms with Crippen molar-refractivity contribution in [1.82, 2.24) is 5.32 Å². The van der Waals surface area contributed by atoms with Crippen molar-refractivity contribution in [3.8, 4) is 11.5 Å². The van der Waals surface area contributed by atoms with Crippen molar-refractivity contribution < 1.29 is 54.9 Å². The van der Waals surface area contributed by atoms with Gasteiger partial charge >= 0.3 is 11.5 Å². The Morgan fingerprint density at radius 1 is 1.02 bits per heavy atom. The van der Waals surface area contributed by atoms with E-state index in [2.05, 4.69) is 10.6 Å². The van der Waals surface area contributed by atoms with Crippen LogP contribution in [-0.4, -0.2) is 61.6 Å². The number of benzene rings is 2. The first-order chi connectivity index (χ1) is 21.5. The highest BCUT2D eigenvalue weighted by molar-refractivity contribution is 7.92. The van der Waals surface area contributed by atoms with Crippen molar-refractivity contribution in [3.05, 3.63) is 47.8 Å². The first-order valence-corrected chi connectivity index (χ1v) is 16.1. The summed E-state index contributed by atoms with van der Waals surface area (Å²) in [5.41, 5.74) is -1.21. The molecule has 3 aliphatic carbocycles. The number of carboxylic acids is 1. The molecule has 0 unspecified atom stereocenters. The number of rotatable bonds is 9. The molecule has 4 atom stereocenters. The van der Waals surface area contributed by atoms with Crippen LogP contribution in [0.3, 0.4) is 0 Å². The van der Waals surface area contributed by atoms with E-state index in [9.17, 15) is 45.5 Å². The van der Waals surface area contributed by atoms with Crippen molar-refractivity contribution in [2.24, 2.45) is 23.5 Å². The SMILES string of the molecule is COc1cc(F)c(OC2CCC(N)(C(=O)O)CC2)cc1C(=O)N[C@@H]1[C@H]2CC[C@H](C2)[C@@H]1C(=O)Nc1cccc(S(=O)(=O)C(F)(F)F)c1. The van der Waals surface area contributed by atoms with Gasteiger partial charge in [0.05, 0.1) is 29.6 Å². The van der Waals surface area contributed by atoms with Gasteiger partial charge < -0.3 is 30.9 Å². The van der Waals surface area contributed by atoms with Crippen LogP contribution in [0.15, 0.2) is 41.3 Å². The Kier molecular flexibility index (Phi) is 8.98. The Morgan fingerprint density at radius 3 is 2.33 bits per heavy atom. The molecular weight excluding hydrogens is 638 g/mol. The van der Waals surface area contributed by atoms with E-state index in [4.69, 9.17) is 15.2 Å². The average molecular weight is 672 g/mol. The van der Waals surface area contributed by atoms with Crippen molar-refractivity contribution in [1.29, 1.82) is 0 Å². The van der Waals surface area contributed by atoms with Crippen LogP contribution in [0.5, 0.6) is 11.5 Å². The molecule has 2 aromatic carbocycles. The number of hydrogen-bond acceptors (Lipinski definition) is 8. The Bertz CT molecular complexity index is 1640.